The van der Waals surface area contributed by atoms with Gasteiger partial charge in [-0.15, -0.1) is 11.8 Å². The van der Waals surface area contributed by atoms with Gasteiger partial charge in [-0.2, -0.15) is 0 Å². The number of aliphatic carboxylic acids is 1. The van der Waals surface area contributed by atoms with Gasteiger partial charge in [0.15, 0.2) is 0 Å². The molecule has 0 unspecified atom stereocenters. The molecule has 0 bridgehead atoms. The summed E-state index contributed by atoms with van der Waals surface area (Å²) in [4.78, 5) is 27.3. The topological polar surface area (TPSA) is 129 Å². The Bertz CT molecular complexity index is 735. The Hall–Kier alpha value is -2.32. The Morgan fingerprint density at radius 1 is 1.45 bits per heavy atom. The van der Waals surface area contributed by atoms with Crippen LogP contribution in [-0.2, 0) is 4.79 Å². The highest BCUT2D eigenvalue weighted by molar-refractivity contribution is 7.99. The Balaban J connectivity index is 2.45. The summed E-state index contributed by atoms with van der Waals surface area (Å²) < 4.78 is 5.14. The van der Waals surface area contributed by atoms with Crippen LogP contribution in [0.3, 0.4) is 0 Å². The van der Waals surface area contributed by atoms with Gasteiger partial charge in [0, 0.05) is 28.3 Å². The Kier molecular flexibility index (Phi) is 4.84. The molecule has 1 amide bonds. The molecule has 0 spiro atoms. The van der Waals surface area contributed by atoms with Crippen LogP contribution in [0.25, 0.3) is 10.9 Å². The van der Waals surface area contributed by atoms with Gasteiger partial charge in [-0.3, -0.25) is 14.6 Å². The number of nitrogens with two attached hydrogens (primary N) is 2. The van der Waals surface area contributed by atoms with Crippen LogP contribution in [-0.4, -0.2) is 40.9 Å². The van der Waals surface area contributed by atoms with E-state index in [-0.39, 0.29) is 11.3 Å². The van der Waals surface area contributed by atoms with Gasteiger partial charge in [-0.1, -0.05) is 0 Å². The third-order valence-corrected chi connectivity index (χ3v) is 4.22. The Labute approximate surface area is 130 Å². The molecule has 0 aliphatic rings. The number of ether oxygens (including phenoxy) is 1. The van der Waals surface area contributed by atoms with Crippen LogP contribution < -0.4 is 16.2 Å². The number of nitrogens with zero attached hydrogens (tertiary/aromatic N) is 1. The number of thioether (sulfide) groups is 1. The van der Waals surface area contributed by atoms with Crippen molar-refractivity contribution in [2.24, 2.45) is 11.5 Å². The zero-order chi connectivity index (χ0) is 16.3. The highest BCUT2D eigenvalue weighted by Crippen LogP contribution is 2.31. The largest absolute Gasteiger partial charge is 0.496 e. The monoisotopic (exact) mass is 321 g/mol. The average Bonchev–Trinajstić information content (AvgIpc) is 2.50. The predicted molar refractivity (Wildman–Crippen MR) is 83.1 cm³/mol. The summed E-state index contributed by atoms with van der Waals surface area (Å²) >= 11 is 1.28. The first-order chi connectivity index (χ1) is 10.4. The van der Waals surface area contributed by atoms with Crippen molar-refractivity contribution >= 4 is 34.5 Å². The number of carboxylic acid groups (broad SMARTS) is 1. The number of pyridine rings is 1. The second-order valence-corrected chi connectivity index (χ2v) is 5.56. The molecule has 0 saturated carbocycles. The van der Waals surface area contributed by atoms with Crippen molar-refractivity contribution in [3.63, 3.8) is 0 Å². The number of carboxylic acids is 1. The summed E-state index contributed by atoms with van der Waals surface area (Å²) in [6.45, 7) is 0. The summed E-state index contributed by atoms with van der Waals surface area (Å²) in [5, 5.41) is 9.52. The molecule has 5 N–H and O–H groups in total. The van der Waals surface area contributed by atoms with Crippen LogP contribution in [0.5, 0.6) is 5.75 Å². The SMILES string of the molecule is COc1cc2nccc(SC[C@H](N)C(=O)O)c2cc1C(N)=O. The molecule has 8 heteroatoms. The van der Waals surface area contributed by atoms with E-state index in [1.54, 1.807) is 24.4 Å². The molecule has 22 heavy (non-hydrogen) atoms. The van der Waals surface area contributed by atoms with Crippen LogP contribution in [0.15, 0.2) is 29.3 Å². The number of methoxy groups -OCH3 is 1. The first kappa shape index (κ1) is 16.1. The minimum absolute atomic E-state index is 0.201. The summed E-state index contributed by atoms with van der Waals surface area (Å²) in [5.41, 5.74) is 11.7. The van der Waals surface area contributed by atoms with E-state index in [0.717, 1.165) is 4.90 Å². The molecule has 1 atom stereocenters. The van der Waals surface area contributed by atoms with E-state index in [9.17, 15) is 9.59 Å². The third kappa shape index (κ3) is 3.29. The third-order valence-electron chi connectivity index (χ3n) is 3.02. The first-order valence-electron chi connectivity index (χ1n) is 6.31. The fourth-order valence-electron chi connectivity index (χ4n) is 1.89. The lowest BCUT2D eigenvalue weighted by Crippen LogP contribution is -2.32. The fourth-order valence-corrected chi connectivity index (χ4v) is 2.86. The molecule has 1 aromatic carbocycles. The van der Waals surface area contributed by atoms with E-state index < -0.39 is 17.9 Å². The van der Waals surface area contributed by atoms with E-state index in [2.05, 4.69) is 4.98 Å². The molecule has 2 aromatic rings. The molecule has 1 heterocycles. The lowest BCUT2D eigenvalue weighted by molar-refractivity contribution is -0.137. The van der Waals surface area contributed by atoms with Crippen molar-refractivity contribution in [1.29, 1.82) is 0 Å². The molecule has 0 fully saturated rings. The van der Waals surface area contributed by atoms with E-state index in [1.807, 2.05) is 0 Å². The van der Waals surface area contributed by atoms with Gasteiger partial charge in [0.2, 0.25) is 0 Å². The van der Waals surface area contributed by atoms with Gasteiger partial charge in [-0.05, 0) is 12.1 Å². The van der Waals surface area contributed by atoms with Crippen molar-refractivity contribution in [3.05, 3.63) is 30.0 Å². The quantitative estimate of drug-likeness (QED) is 0.672. The number of benzene rings is 1. The maximum absolute atomic E-state index is 11.5. The highest BCUT2D eigenvalue weighted by Gasteiger charge is 2.16. The molecule has 0 saturated heterocycles. The molecular formula is C14H15N3O4S. The van der Waals surface area contributed by atoms with Crippen molar-refractivity contribution < 1.29 is 19.4 Å². The van der Waals surface area contributed by atoms with Crippen molar-refractivity contribution in [3.8, 4) is 5.75 Å². The van der Waals surface area contributed by atoms with Gasteiger partial charge < -0.3 is 21.3 Å². The standard InChI is InChI=1S/C14H15N3O4S/c1-21-11-5-10-7(4-8(11)13(16)18)12(2-3-17-10)22-6-9(15)14(19)20/h2-5,9H,6,15H2,1H3,(H2,16,18)(H,19,20)/t9-/m0/s1. The van der Waals surface area contributed by atoms with Crippen LogP contribution in [0, 0.1) is 0 Å². The van der Waals surface area contributed by atoms with Crippen molar-refractivity contribution in [2.45, 2.75) is 10.9 Å². The Morgan fingerprint density at radius 3 is 2.77 bits per heavy atom. The molecule has 1 aromatic heterocycles. The maximum atomic E-state index is 11.5. The molecule has 0 radical (unpaired) electrons. The minimum atomic E-state index is -1.06. The Morgan fingerprint density at radius 2 is 2.18 bits per heavy atom. The van der Waals surface area contributed by atoms with Crippen molar-refractivity contribution in [1.82, 2.24) is 4.98 Å². The number of amides is 1. The normalized spacial score (nSPS) is 12.1. The summed E-state index contributed by atoms with van der Waals surface area (Å²) in [7, 11) is 1.44. The van der Waals surface area contributed by atoms with Gasteiger partial charge in [0.05, 0.1) is 18.2 Å². The fraction of sp³-hybridized carbons (Fsp3) is 0.214. The highest BCUT2D eigenvalue weighted by atomic mass is 32.2. The first-order valence-corrected chi connectivity index (χ1v) is 7.30. The van der Waals surface area contributed by atoms with Crippen LogP contribution in [0.2, 0.25) is 0 Å². The van der Waals surface area contributed by atoms with E-state index in [4.69, 9.17) is 21.3 Å². The number of hydrogen-bond acceptors (Lipinski definition) is 6. The van der Waals surface area contributed by atoms with E-state index in [1.165, 1.54) is 18.9 Å². The maximum Gasteiger partial charge on any atom is 0.321 e. The van der Waals surface area contributed by atoms with Gasteiger partial charge in [0.25, 0.3) is 5.91 Å². The number of hydrogen-bond donors (Lipinski definition) is 3. The molecule has 2 rings (SSSR count). The number of rotatable bonds is 6. The average molecular weight is 321 g/mol. The minimum Gasteiger partial charge on any atom is -0.496 e. The number of fused-ring (bicyclic) bond motifs is 1. The second-order valence-electron chi connectivity index (χ2n) is 4.50. The van der Waals surface area contributed by atoms with Gasteiger partial charge in [-0.25, -0.2) is 0 Å². The van der Waals surface area contributed by atoms with Gasteiger partial charge >= 0.3 is 5.97 Å². The molecule has 116 valence electrons. The molecular weight excluding hydrogens is 306 g/mol. The molecule has 0 aliphatic carbocycles. The molecule has 7 nitrogen and oxygen atoms in total. The van der Waals surface area contributed by atoms with Crippen molar-refractivity contribution in [2.75, 3.05) is 12.9 Å². The number of carbonyl (C=O) groups is 2. The zero-order valence-corrected chi connectivity index (χ0v) is 12.6. The summed E-state index contributed by atoms with van der Waals surface area (Å²) in [6.07, 6.45) is 1.60. The lowest BCUT2D eigenvalue weighted by atomic mass is 10.1. The van der Waals surface area contributed by atoms with E-state index in [0.29, 0.717) is 16.7 Å². The molecule has 0 aliphatic heterocycles. The summed E-state index contributed by atoms with van der Waals surface area (Å²) in [5.74, 6) is -1.13. The number of aromatic nitrogens is 1. The van der Waals surface area contributed by atoms with Crippen LogP contribution in [0.1, 0.15) is 10.4 Å². The van der Waals surface area contributed by atoms with Crippen LogP contribution >= 0.6 is 11.8 Å². The number of carbonyl (C=O) groups excluding carboxylic acids is 1. The second kappa shape index (κ2) is 6.63. The summed E-state index contributed by atoms with van der Waals surface area (Å²) in [6, 6.07) is 3.98. The number of primary amides is 1. The van der Waals surface area contributed by atoms with E-state index >= 15 is 0 Å². The lowest BCUT2D eigenvalue weighted by Gasteiger charge is -2.11. The smallest absolute Gasteiger partial charge is 0.321 e. The predicted octanol–water partition coefficient (Wildman–Crippen LogP) is 0.846. The zero-order valence-electron chi connectivity index (χ0n) is 11.8. The van der Waals surface area contributed by atoms with Gasteiger partial charge in [0.1, 0.15) is 11.8 Å². The van der Waals surface area contributed by atoms with Crippen LogP contribution in [0.4, 0.5) is 0 Å².